The van der Waals surface area contributed by atoms with E-state index in [0.29, 0.717) is 18.8 Å². The van der Waals surface area contributed by atoms with Gasteiger partial charge in [-0.3, -0.25) is 0 Å². The van der Waals surface area contributed by atoms with E-state index in [9.17, 15) is 14.7 Å². The molecule has 0 aromatic heterocycles. The van der Waals surface area contributed by atoms with E-state index in [4.69, 9.17) is 9.47 Å². The Hall–Kier alpha value is -2.24. The first kappa shape index (κ1) is 18.1. The molecule has 1 aromatic rings. The van der Waals surface area contributed by atoms with Gasteiger partial charge in [0.1, 0.15) is 11.4 Å². The fourth-order valence-corrected chi connectivity index (χ4v) is 2.84. The topological polar surface area (TPSA) is 76.1 Å². The molecule has 132 valence electrons. The van der Waals surface area contributed by atoms with Crippen LogP contribution in [0, 0.1) is 0 Å². The first-order valence-corrected chi connectivity index (χ1v) is 8.10. The number of hydrogen-bond acceptors (Lipinski definition) is 4. The Labute approximate surface area is 142 Å². The minimum Gasteiger partial charge on any atom is -0.497 e. The second-order valence-corrected chi connectivity index (χ2v) is 7.07. The van der Waals surface area contributed by atoms with Crippen molar-refractivity contribution in [1.82, 2.24) is 4.90 Å². The number of carbonyl (C=O) groups is 2. The van der Waals surface area contributed by atoms with Crippen molar-refractivity contribution < 1.29 is 24.2 Å². The molecule has 0 radical (unpaired) electrons. The van der Waals surface area contributed by atoms with Gasteiger partial charge in [0, 0.05) is 19.0 Å². The van der Waals surface area contributed by atoms with Gasteiger partial charge >= 0.3 is 12.1 Å². The first-order valence-electron chi connectivity index (χ1n) is 8.10. The number of carboxylic acid groups (broad SMARTS) is 1. The average Bonchev–Trinajstić information content (AvgIpc) is 2.52. The number of rotatable bonds is 3. The Kier molecular flexibility index (Phi) is 5.36. The summed E-state index contributed by atoms with van der Waals surface area (Å²) in [4.78, 5) is 25.3. The monoisotopic (exact) mass is 335 g/mol. The van der Waals surface area contributed by atoms with Crippen LogP contribution in [0.15, 0.2) is 18.2 Å². The zero-order chi connectivity index (χ0) is 17.9. The number of amides is 1. The molecule has 1 fully saturated rings. The molecule has 24 heavy (non-hydrogen) atoms. The van der Waals surface area contributed by atoms with Crippen LogP contribution in [0.1, 0.15) is 55.5 Å². The lowest BCUT2D eigenvalue weighted by Crippen LogP contribution is -2.42. The molecule has 0 aliphatic carbocycles. The lowest BCUT2D eigenvalue weighted by atomic mass is 9.89. The number of likely N-dealkylation sites (tertiary alicyclic amines) is 1. The number of methoxy groups -OCH3 is 1. The number of benzene rings is 1. The van der Waals surface area contributed by atoms with E-state index in [1.165, 1.54) is 13.2 Å². The summed E-state index contributed by atoms with van der Waals surface area (Å²) in [6, 6.07) is 5.00. The third kappa shape index (κ3) is 4.63. The Morgan fingerprint density at radius 2 is 1.96 bits per heavy atom. The molecule has 1 N–H and O–H groups in total. The Morgan fingerprint density at radius 1 is 1.25 bits per heavy atom. The van der Waals surface area contributed by atoms with Crippen LogP contribution in [0.25, 0.3) is 0 Å². The van der Waals surface area contributed by atoms with Crippen LogP contribution in [0.5, 0.6) is 5.75 Å². The van der Waals surface area contributed by atoms with Crippen LogP contribution >= 0.6 is 0 Å². The molecule has 6 nitrogen and oxygen atoms in total. The summed E-state index contributed by atoms with van der Waals surface area (Å²) in [5.74, 6) is -0.409. The Balaban J connectivity index is 2.18. The van der Waals surface area contributed by atoms with Gasteiger partial charge in [-0.25, -0.2) is 9.59 Å². The smallest absolute Gasteiger partial charge is 0.410 e. The minimum atomic E-state index is -0.991. The number of carbonyl (C=O) groups excluding carboxylic acids is 1. The molecule has 0 spiro atoms. The maximum Gasteiger partial charge on any atom is 0.410 e. The Bertz CT molecular complexity index is 620. The van der Waals surface area contributed by atoms with Gasteiger partial charge in [0.25, 0.3) is 0 Å². The zero-order valence-electron chi connectivity index (χ0n) is 14.7. The summed E-state index contributed by atoms with van der Waals surface area (Å²) in [5.41, 5.74) is 0.537. The number of ether oxygens (including phenoxy) is 2. The zero-order valence-corrected chi connectivity index (χ0v) is 14.7. The molecule has 6 heteroatoms. The van der Waals surface area contributed by atoms with Crippen molar-refractivity contribution in [3.05, 3.63) is 29.3 Å². The van der Waals surface area contributed by atoms with E-state index in [1.807, 2.05) is 26.8 Å². The molecule has 0 saturated carbocycles. The summed E-state index contributed by atoms with van der Waals surface area (Å²) >= 11 is 0. The van der Waals surface area contributed by atoms with Crippen LogP contribution in [-0.2, 0) is 4.74 Å². The fraction of sp³-hybridized carbons (Fsp3) is 0.556. The summed E-state index contributed by atoms with van der Waals surface area (Å²) < 4.78 is 10.6. The number of aromatic carboxylic acids is 1. The molecule has 1 saturated heterocycles. The molecule has 1 aromatic carbocycles. The summed E-state index contributed by atoms with van der Waals surface area (Å²) in [6.45, 7) is 6.69. The van der Waals surface area contributed by atoms with Gasteiger partial charge in [-0.1, -0.05) is 0 Å². The highest BCUT2D eigenvalue weighted by Crippen LogP contribution is 2.31. The molecule has 2 rings (SSSR count). The fourth-order valence-electron chi connectivity index (χ4n) is 2.84. The first-order chi connectivity index (χ1) is 11.2. The van der Waals surface area contributed by atoms with E-state index in [-0.39, 0.29) is 17.6 Å². The maximum atomic E-state index is 12.3. The van der Waals surface area contributed by atoms with Crippen molar-refractivity contribution in [2.24, 2.45) is 0 Å². The van der Waals surface area contributed by atoms with E-state index in [2.05, 4.69) is 0 Å². The maximum absolute atomic E-state index is 12.3. The van der Waals surface area contributed by atoms with Crippen LogP contribution in [0.3, 0.4) is 0 Å². The molecule has 1 unspecified atom stereocenters. The number of carboxylic acids is 1. The summed E-state index contributed by atoms with van der Waals surface area (Å²) in [6.07, 6.45) is 1.42. The third-order valence-electron chi connectivity index (χ3n) is 3.96. The highest BCUT2D eigenvalue weighted by Gasteiger charge is 2.29. The van der Waals surface area contributed by atoms with Crippen molar-refractivity contribution in [3.8, 4) is 5.75 Å². The van der Waals surface area contributed by atoms with Crippen molar-refractivity contribution in [1.29, 1.82) is 0 Å². The summed E-state index contributed by atoms with van der Waals surface area (Å²) in [7, 11) is 1.51. The van der Waals surface area contributed by atoms with E-state index >= 15 is 0 Å². The predicted octanol–water partition coefficient (Wildman–Crippen LogP) is 3.51. The van der Waals surface area contributed by atoms with Crippen molar-refractivity contribution in [2.45, 2.75) is 45.1 Å². The van der Waals surface area contributed by atoms with Gasteiger partial charge in [0.15, 0.2) is 0 Å². The van der Waals surface area contributed by atoms with Gasteiger partial charge in [-0.2, -0.15) is 0 Å². The molecule has 1 aliphatic heterocycles. The van der Waals surface area contributed by atoms with Crippen LogP contribution in [-0.4, -0.2) is 47.9 Å². The third-order valence-corrected chi connectivity index (χ3v) is 3.96. The van der Waals surface area contributed by atoms with Crippen LogP contribution < -0.4 is 4.74 Å². The lowest BCUT2D eigenvalue weighted by Gasteiger charge is -2.34. The largest absolute Gasteiger partial charge is 0.497 e. The number of hydrogen-bond donors (Lipinski definition) is 1. The molecule has 1 heterocycles. The van der Waals surface area contributed by atoms with Crippen LogP contribution in [0.2, 0.25) is 0 Å². The van der Waals surface area contributed by atoms with Gasteiger partial charge in [-0.15, -0.1) is 0 Å². The quantitative estimate of drug-likeness (QED) is 0.915. The number of piperidine rings is 1. The SMILES string of the molecule is COc1cc(C(=O)O)cc(C2CCCN(C(=O)OC(C)(C)C)C2)c1. The van der Waals surface area contributed by atoms with E-state index < -0.39 is 11.6 Å². The van der Waals surface area contributed by atoms with Gasteiger partial charge in [-0.05, 0) is 57.4 Å². The van der Waals surface area contributed by atoms with Gasteiger partial charge in [0.2, 0.25) is 0 Å². The minimum absolute atomic E-state index is 0.0690. The molecular formula is C18H25NO5. The van der Waals surface area contributed by atoms with E-state index in [1.54, 1.807) is 11.0 Å². The predicted molar refractivity (Wildman–Crippen MR) is 89.7 cm³/mol. The van der Waals surface area contributed by atoms with Crippen LogP contribution in [0.4, 0.5) is 4.79 Å². The molecular weight excluding hydrogens is 310 g/mol. The second-order valence-electron chi connectivity index (χ2n) is 7.07. The lowest BCUT2D eigenvalue weighted by molar-refractivity contribution is 0.0198. The highest BCUT2D eigenvalue weighted by molar-refractivity contribution is 5.88. The summed E-state index contributed by atoms with van der Waals surface area (Å²) in [5, 5.41) is 9.26. The molecule has 0 bridgehead atoms. The van der Waals surface area contributed by atoms with E-state index in [0.717, 1.165) is 18.4 Å². The second kappa shape index (κ2) is 7.11. The molecule has 1 aliphatic rings. The van der Waals surface area contributed by atoms with Gasteiger partial charge in [0.05, 0.1) is 12.7 Å². The van der Waals surface area contributed by atoms with Gasteiger partial charge < -0.3 is 19.5 Å². The standard InChI is InChI=1S/C18H25NO5/c1-18(2,3)24-17(22)19-7-5-6-12(11-19)13-8-14(16(20)21)10-15(9-13)23-4/h8-10,12H,5-7,11H2,1-4H3,(H,20,21). The highest BCUT2D eigenvalue weighted by atomic mass is 16.6. The molecule has 1 atom stereocenters. The van der Waals surface area contributed by atoms with Crippen molar-refractivity contribution in [2.75, 3.05) is 20.2 Å². The molecule has 1 amide bonds. The number of nitrogens with zero attached hydrogens (tertiary/aromatic N) is 1. The Morgan fingerprint density at radius 3 is 2.54 bits per heavy atom. The average molecular weight is 335 g/mol. The van der Waals surface area contributed by atoms with Crippen molar-refractivity contribution in [3.63, 3.8) is 0 Å². The normalized spacial score (nSPS) is 18.2. The van der Waals surface area contributed by atoms with Crippen molar-refractivity contribution >= 4 is 12.1 Å².